The number of aromatic amines is 2. The van der Waals surface area contributed by atoms with Gasteiger partial charge in [-0.2, -0.15) is 0 Å². The van der Waals surface area contributed by atoms with Crippen molar-refractivity contribution >= 4 is 43.7 Å². The second-order valence-electron chi connectivity index (χ2n) is 13.9. The van der Waals surface area contributed by atoms with Crippen LogP contribution in [0.25, 0.3) is 0 Å². The molecule has 0 saturated heterocycles. The SMILES string of the molecule is CC1CCOc2c(Br)cc(C(=O)O)cc2C1.Cc1cc(C)c(CN)c(=O)[nH]1.Cc1cc(C)c(CNC(=O)c2cc(Br)c3c(c2)CC(C)CCO3)c(=O)[nH]1. The van der Waals surface area contributed by atoms with Crippen LogP contribution in [0.2, 0.25) is 0 Å². The molecular formula is C40H48Br2N4O7. The molecule has 4 aromatic rings. The van der Waals surface area contributed by atoms with E-state index in [1.165, 1.54) is 0 Å². The second kappa shape index (κ2) is 18.7. The number of halogens is 2. The lowest BCUT2D eigenvalue weighted by molar-refractivity contribution is 0.0696. The number of nitrogens with two attached hydrogens (primary N) is 1. The maximum Gasteiger partial charge on any atom is 0.335 e. The number of aryl methyl sites for hydroxylation is 4. The predicted molar refractivity (Wildman–Crippen MR) is 213 cm³/mol. The van der Waals surface area contributed by atoms with E-state index in [-0.39, 0.29) is 23.6 Å². The number of hydrogen-bond donors (Lipinski definition) is 5. The third-order valence-corrected chi connectivity index (χ3v) is 10.4. The van der Waals surface area contributed by atoms with Crippen LogP contribution in [0.5, 0.6) is 11.5 Å². The average molecular weight is 857 g/mol. The fourth-order valence-corrected chi connectivity index (χ4v) is 7.60. The molecule has 4 heterocycles. The monoisotopic (exact) mass is 854 g/mol. The molecule has 2 atom stereocenters. The Labute approximate surface area is 326 Å². The molecule has 0 bridgehead atoms. The number of carbonyl (C=O) groups excluding carboxylic acids is 1. The Balaban J connectivity index is 0.000000197. The maximum absolute atomic E-state index is 12.6. The van der Waals surface area contributed by atoms with Crippen LogP contribution in [-0.2, 0) is 25.9 Å². The number of hydrogen-bond acceptors (Lipinski definition) is 7. The van der Waals surface area contributed by atoms with Crippen LogP contribution in [0.1, 0.15) is 92.2 Å². The maximum atomic E-state index is 12.6. The first kappa shape index (κ1) is 41.6. The summed E-state index contributed by atoms with van der Waals surface area (Å²) in [6, 6.07) is 10.8. The molecule has 11 nitrogen and oxygen atoms in total. The van der Waals surface area contributed by atoms with Gasteiger partial charge in [0.2, 0.25) is 0 Å². The van der Waals surface area contributed by atoms with Gasteiger partial charge in [0.15, 0.2) is 0 Å². The summed E-state index contributed by atoms with van der Waals surface area (Å²) in [5, 5.41) is 11.8. The van der Waals surface area contributed by atoms with Crippen molar-refractivity contribution in [2.75, 3.05) is 13.2 Å². The number of carboxylic acid groups (broad SMARTS) is 1. The number of carbonyl (C=O) groups is 2. The van der Waals surface area contributed by atoms with Gasteiger partial charge in [-0.25, -0.2) is 4.79 Å². The molecule has 2 aliphatic rings. The standard InChI is InChI=1S/C20H23BrN2O3.C12H13BrO3.C8H12N2O/c1-11-4-5-26-18-14(6-11)8-15(9-17(18)21)19(24)22-10-16-12(2)7-13(3)23-20(16)25;1-7-2-3-16-11-8(4-7)5-9(12(14)15)6-10(11)13;1-5-3-6(2)10-8(11)7(5)4-9/h7-9,11H,4-6,10H2,1-3H3,(H,22,24)(H,23,25);5-7H,2-4H2,1H3,(H,14,15);3H,4,9H2,1-2H3,(H,10,11). The zero-order valence-electron chi connectivity index (χ0n) is 31.0. The van der Waals surface area contributed by atoms with Crippen molar-refractivity contribution < 1.29 is 24.2 Å². The van der Waals surface area contributed by atoms with Crippen molar-refractivity contribution in [3.8, 4) is 11.5 Å². The zero-order valence-corrected chi connectivity index (χ0v) is 34.2. The van der Waals surface area contributed by atoms with Gasteiger partial charge in [-0.15, -0.1) is 0 Å². The van der Waals surface area contributed by atoms with Gasteiger partial charge in [-0.3, -0.25) is 14.4 Å². The van der Waals surface area contributed by atoms with Crippen molar-refractivity contribution in [1.82, 2.24) is 15.3 Å². The lowest BCUT2D eigenvalue weighted by atomic mass is 9.97. The molecule has 6 N–H and O–H groups in total. The molecule has 0 saturated carbocycles. The van der Waals surface area contributed by atoms with Crippen molar-refractivity contribution in [3.63, 3.8) is 0 Å². The van der Waals surface area contributed by atoms with Crippen molar-refractivity contribution in [2.45, 2.75) is 80.3 Å². The normalized spacial score (nSPS) is 16.0. The van der Waals surface area contributed by atoms with Gasteiger partial charge < -0.3 is 35.6 Å². The van der Waals surface area contributed by atoms with E-state index in [1.54, 1.807) is 18.2 Å². The Hall–Kier alpha value is -4.20. The second-order valence-corrected chi connectivity index (χ2v) is 15.6. The first-order valence-corrected chi connectivity index (χ1v) is 19.2. The summed E-state index contributed by atoms with van der Waals surface area (Å²) in [5.41, 5.74) is 12.8. The highest BCUT2D eigenvalue weighted by atomic mass is 79.9. The quantitative estimate of drug-likeness (QED) is 0.140. The molecule has 13 heteroatoms. The molecule has 0 radical (unpaired) electrons. The molecule has 6 rings (SSSR count). The molecule has 53 heavy (non-hydrogen) atoms. The number of ether oxygens (including phenoxy) is 2. The van der Waals surface area contributed by atoms with Gasteiger partial charge in [0.25, 0.3) is 17.0 Å². The molecule has 1 amide bonds. The molecule has 284 valence electrons. The van der Waals surface area contributed by atoms with Crippen LogP contribution in [0.3, 0.4) is 0 Å². The summed E-state index contributed by atoms with van der Waals surface area (Å²) in [7, 11) is 0. The van der Waals surface area contributed by atoms with Crippen LogP contribution < -0.4 is 31.6 Å². The first-order chi connectivity index (χ1) is 25.1. The lowest BCUT2D eigenvalue weighted by Crippen LogP contribution is -2.28. The number of amides is 1. The number of rotatable bonds is 5. The number of pyridine rings is 2. The third-order valence-electron chi connectivity index (χ3n) is 9.22. The van der Waals surface area contributed by atoms with Crippen molar-refractivity contribution in [2.24, 2.45) is 17.6 Å². The zero-order chi connectivity index (χ0) is 39.0. The number of benzene rings is 2. The van der Waals surface area contributed by atoms with E-state index >= 15 is 0 Å². The Morgan fingerprint density at radius 1 is 0.774 bits per heavy atom. The van der Waals surface area contributed by atoms with Gasteiger partial charge in [0, 0.05) is 41.2 Å². The van der Waals surface area contributed by atoms with Crippen LogP contribution in [0.15, 0.2) is 54.9 Å². The van der Waals surface area contributed by atoms with E-state index < -0.39 is 5.97 Å². The summed E-state index contributed by atoms with van der Waals surface area (Å²) in [6.45, 7) is 13.7. The topological polar surface area (TPSA) is 177 Å². The smallest absolute Gasteiger partial charge is 0.335 e. The van der Waals surface area contributed by atoms with Crippen molar-refractivity contribution in [1.29, 1.82) is 0 Å². The van der Waals surface area contributed by atoms with E-state index in [0.29, 0.717) is 53.8 Å². The highest BCUT2D eigenvalue weighted by Gasteiger charge is 2.21. The minimum Gasteiger partial charge on any atom is -0.492 e. The minimum atomic E-state index is -0.902. The van der Waals surface area contributed by atoms with E-state index in [4.69, 9.17) is 20.3 Å². The van der Waals surface area contributed by atoms with E-state index in [9.17, 15) is 19.2 Å². The molecule has 2 aromatic carbocycles. The summed E-state index contributed by atoms with van der Waals surface area (Å²) >= 11 is 6.89. The number of nitrogens with one attached hydrogen (secondary N) is 3. The number of aromatic nitrogens is 2. The summed E-state index contributed by atoms with van der Waals surface area (Å²) in [5.74, 6) is 1.56. The third kappa shape index (κ3) is 11.2. The fraction of sp³-hybridized carbons (Fsp3) is 0.400. The Bertz CT molecular complexity index is 2090. The molecule has 0 aliphatic carbocycles. The van der Waals surface area contributed by atoms with E-state index in [1.807, 2.05) is 45.9 Å². The highest BCUT2D eigenvalue weighted by Crippen LogP contribution is 2.36. The number of carboxylic acids is 1. The molecule has 2 aliphatic heterocycles. The largest absolute Gasteiger partial charge is 0.492 e. The van der Waals surface area contributed by atoms with Gasteiger partial charge in [-0.1, -0.05) is 13.8 Å². The fourth-order valence-electron chi connectivity index (χ4n) is 6.37. The number of aromatic carboxylic acids is 1. The van der Waals surface area contributed by atoms with Gasteiger partial charge in [-0.05, 0) is 156 Å². The van der Waals surface area contributed by atoms with Crippen LogP contribution in [0.4, 0.5) is 0 Å². The molecule has 0 spiro atoms. The minimum absolute atomic E-state index is 0.0648. The Kier molecular flexibility index (Phi) is 14.7. The summed E-state index contributed by atoms with van der Waals surface area (Å²) in [4.78, 5) is 52.3. The van der Waals surface area contributed by atoms with Crippen molar-refractivity contribution in [3.05, 3.63) is 122 Å². The Morgan fingerprint density at radius 3 is 1.68 bits per heavy atom. The first-order valence-electron chi connectivity index (χ1n) is 17.6. The Morgan fingerprint density at radius 2 is 1.23 bits per heavy atom. The van der Waals surface area contributed by atoms with Gasteiger partial charge in [0.05, 0.1) is 27.7 Å². The lowest BCUT2D eigenvalue weighted by Gasteiger charge is -2.13. The average Bonchev–Trinajstić information content (AvgIpc) is 3.38. The number of fused-ring (bicyclic) bond motifs is 2. The van der Waals surface area contributed by atoms with E-state index in [2.05, 4.69) is 61.0 Å². The predicted octanol–water partition coefficient (Wildman–Crippen LogP) is 7.20. The van der Waals surface area contributed by atoms with Crippen LogP contribution in [-0.4, -0.2) is 40.2 Å². The molecule has 2 aromatic heterocycles. The molecule has 0 fully saturated rings. The van der Waals surface area contributed by atoms with Gasteiger partial charge >= 0.3 is 5.97 Å². The highest BCUT2D eigenvalue weighted by molar-refractivity contribution is 9.11. The van der Waals surface area contributed by atoms with Gasteiger partial charge in [0.1, 0.15) is 11.5 Å². The van der Waals surface area contributed by atoms with Crippen LogP contribution in [0, 0.1) is 39.5 Å². The number of H-pyrrole nitrogens is 2. The van der Waals surface area contributed by atoms with Crippen LogP contribution >= 0.6 is 31.9 Å². The summed E-state index contributed by atoms with van der Waals surface area (Å²) < 4.78 is 13.0. The molecular weight excluding hydrogens is 808 g/mol. The summed E-state index contributed by atoms with van der Waals surface area (Å²) in [6.07, 6.45) is 3.75. The molecule has 2 unspecified atom stereocenters. The van der Waals surface area contributed by atoms with E-state index in [0.717, 1.165) is 79.8 Å².